The van der Waals surface area contributed by atoms with Gasteiger partial charge in [-0.2, -0.15) is 0 Å². The van der Waals surface area contributed by atoms with E-state index in [0.717, 1.165) is 22.7 Å². The molecule has 0 aliphatic carbocycles. The highest BCUT2D eigenvalue weighted by Crippen LogP contribution is 2.13. The first-order valence-corrected chi connectivity index (χ1v) is 5.19. The Balaban J connectivity index is 2.11. The summed E-state index contributed by atoms with van der Waals surface area (Å²) in [6.07, 6.45) is 4.38. The van der Waals surface area contributed by atoms with Crippen molar-refractivity contribution < 1.29 is 5.11 Å². The van der Waals surface area contributed by atoms with Crippen molar-refractivity contribution in [2.75, 3.05) is 0 Å². The molecule has 0 atom stereocenters. The number of pyridine rings is 1. The molecule has 0 unspecified atom stereocenters. The molecule has 0 saturated heterocycles. The van der Waals surface area contributed by atoms with Crippen LogP contribution in [0, 0.1) is 0 Å². The highest BCUT2D eigenvalue weighted by Gasteiger charge is 2.01. The molecular weight excluding hydrogens is 196 g/mol. The predicted octanol–water partition coefficient (Wildman–Crippen LogP) is 1.62. The molecule has 0 bridgehead atoms. The van der Waals surface area contributed by atoms with E-state index in [9.17, 15) is 0 Å². The van der Waals surface area contributed by atoms with Crippen molar-refractivity contribution in [2.45, 2.75) is 13.0 Å². The fourth-order valence-corrected chi connectivity index (χ4v) is 2.00. The number of nitrogens with zero attached hydrogens (tertiary/aromatic N) is 2. The van der Waals surface area contributed by atoms with Crippen LogP contribution in [0.1, 0.15) is 16.3 Å². The number of hydrogen-bond acceptors (Lipinski definition) is 4. The molecule has 0 amide bonds. The van der Waals surface area contributed by atoms with Gasteiger partial charge in [0.05, 0.1) is 17.3 Å². The summed E-state index contributed by atoms with van der Waals surface area (Å²) >= 11 is 1.57. The Morgan fingerprint density at radius 1 is 1.43 bits per heavy atom. The molecule has 0 aliphatic heterocycles. The number of thiazole rings is 1. The highest BCUT2D eigenvalue weighted by molar-refractivity contribution is 7.09. The molecule has 0 saturated carbocycles. The molecule has 0 aliphatic rings. The summed E-state index contributed by atoms with van der Waals surface area (Å²) in [5.41, 5.74) is 1.89. The molecule has 4 heteroatoms. The van der Waals surface area contributed by atoms with Gasteiger partial charge in [0.25, 0.3) is 0 Å². The molecule has 0 radical (unpaired) electrons. The summed E-state index contributed by atoms with van der Waals surface area (Å²) in [6.45, 7) is 0.0174. The van der Waals surface area contributed by atoms with Crippen LogP contribution in [0.25, 0.3) is 0 Å². The van der Waals surface area contributed by atoms with Gasteiger partial charge in [-0.25, -0.2) is 4.98 Å². The minimum Gasteiger partial charge on any atom is -0.390 e. The second kappa shape index (κ2) is 4.30. The average molecular weight is 206 g/mol. The number of aliphatic hydroxyl groups is 1. The highest BCUT2D eigenvalue weighted by atomic mass is 32.1. The third-order valence-corrected chi connectivity index (χ3v) is 2.74. The van der Waals surface area contributed by atoms with Crippen LogP contribution in [-0.2, 0) is 13.0 Å². The van der Waals surface area contributed by atoms with Crippen LogP contribution >= 0.6 is 11.3 Å². The fraction of sp³-hybridized carbons (Fsp3) is 0.200. The Morgan fingerprint density at radius 3 is 3.00 bits per heavy atom. The molecule has 0 fully saturated rings. The summed E-state index contributed by atoms with van der Waals surface area (Å²) in [7, 11) is 0. The lowest BCUT2D eigenvalue weighted by Gasteiger charge is -1.95. The van der Waals surface area contributed by atoms with E-state index in [-0.39, 0.29) is 6.61 Å². The molecule has 0 aromatic carbocycles. The Labute approximate surface area is 86.1 Å². The van der Waals surface area contributed by atoms with Crippen LogP contribution in [-0.4, -0.2) is 15.1 Å². The Bertz CT molecular complexity index is 400. The van der Waals surface area contributed by atoms with E-state index in [1.807, 2.05) is 23.7 Å². The number of hydrogen-bond donors (Lipinski definition) is 1. The number of aliphatic hydroxyl groups excluding tert-OH is 1. The van der Waals surface area contributed by atoms with Crippen molar-refractivity contribution in [3.05, 3.63) is 46.2 Å². The van der Waals surface area contributed by atoms with Gasteiger partial charge in [-0.05, 0) is 11.6 Å². The molecule has 3 nitrogen and oxygen atoms in total. The van der Waals surface area contributed by atoms with Crippen LogP contribution in [0.3, 0.4) is 0 Å². The minimum atomic E-state index is 0.0174. The molecule has 14 heavy (non-hydrogen) atoms. The lowest BCUT2D eigenvalue weighted by atomic mass is 10.2. The van der Waals surface area contributed by atoms with E-state index >= 15 is 0 Å². The molecule has 2 heterocycles. The van der Waals surface area contributed by atoms with Gasteiger partial charge in [0, 0.05) is 24.2 Å². The maximum atomic E-state index is 8.85. The molecule has 2 rings (SSSR count). The van der Waals surface area contributed by atoms with Crippen LogP contribution in [0.2, 0.25) is 0 Å². The van der Waals surface area contributed by atoms with Crippen LogP contribution in [0.4, 0.5) is 0 Å². The van der Waals surface area contributed by atoms with Gasteiger partial charge in [0.2, 0.25) is 0 Å². The first-order chi connectivity index (χ1) is 6.88. The van der Waals surface area contributed by atoms with Crippen molar-refractivity contribution >= 4 is 11.3 Å². The molecular formula is C10H10N2OS. The minimum absolute atomic E-state index is 0.0174. The zero-order valence-electron chi connectivity index (χ0n) is 7.55. The van der Waals surface area contributed by atoms with Crippen molar-refractivity contribution in [3.8, 4) is 0 Å². The van der Waals surface area contributed by atoms with E-state index in [0.29, 0.717) is 0 Å². The Morgan fingerprint density at radius 2 is 2.36 bits per heavy atom. The van der Waals surface area contributed by atoms with Crippen LogP contribution in [0.5, 0.6) is 0 Å². The van der Waals surface area contributed by atoms with Gasteiger partial charge in [0.15, 0.2) is 0 Å². The van der Waals surface area contributed by atoms with Gasteiger partial charge in [0.1, 0.15) is 0 Å². The molecule has 72 valence electrons. The quantitative estimate of drug-likeness (QED) is 0.830. The van der Waals surface area contributed by atoms with Gasteiger partial charge >= 0.3 is 0 Å². The van der Waals surface area contributed by atoms with Gasteiger partial charge in [-0.15, -0.1) is 11.3 Å². The second-order valence-electron chi connectivity index (χ2n) is 2.93. The SMILES string of the molecule is OCc1csc(Cc2cccnc2)n1. The normalized spacial score (nSPS) is 10.4. The molecule has 1 N–H and O–H groups in total. The summed E-state index contributed by atoms with van der Waals surface area (Å²) in [6, 6.07) is 3.93. The first kappa shape index (κ1) is 9.30. The monoisotopic (exact) mass is 206 g/mol. The number of rotatable bonds is 3. The van der Waals surface area contributed by atoms with Gasteiger partial charge in [-0.1, -0.05) is 6.07 Å². The first-order valence-electron chi connectivity index (χ1n) is 4.31. The summed E-state index contributed by atoms with van der Waals surface area (Å²) in [5, 5.41) is 11.7. The van der Waals surface area contributed by atoms with E-state index in [1.165, 1.54) is 0 Å². The zero-order chi connectivity index (χ0) is 9.80. The summed E-state index contributed by atoms with van der Waals surface area (Å²) in [5.74, 6) is 0. The predicted molar refractivity (Wildman–Crippen MR) is 55.1 cm³/mol. The maximum absolute atomic E-state index is 8.85. The zero-order valence-corrected chi connectivity index (χ0v) is 8.37. The Hall–Kier alpha value is -1.26. The van der Waals surface area contributed by atoms with Crippen molar-refractivity contribution in [1.29, 1.82) is 0 Å². The van der Waals surface area contributed by atoms with Crippen molar-refractivity contribution in [2.24, 2.45) is 0 Å². The fourth-order valence-electron chi connectivity index (χ4n) is 1.18. The van der Waals surface area contributed by atoms with E-state index in [2.05, 4.69) is 9.97 Å². The largest absolute Gasteiger partial charge is 0.390 e. The summed E-state index contributed by atoms with van der Waals surface area (Å²) in [4.78, 5) is 8.30. The third-order valence-electron chi connectivity index (χ3n) is 1.84. The summed E-state index contributed by atoms with van der Waals surface area (Å²) < 4.78 is 0. The second-order valence-corrected chi connectivity index (χ2v) is 3.87. The smallest absolute Gasteiger partial charge is 0.0973 e. The van der Waals surface area contributed by atoms with Crippen molar-refractivity contribution in [1.82, 2.24) is 9.97 Å². The number of aromatic nitrogens is 2. The van der Waals surface area contributed by atoms with Crippen LogP contribution in [0.15, 0.2) is 29.9 Å². The van der Waals surface area contributed by atoms with Crippen LogP contribution < -0.4 is 0 Å². The average Bonchev–Trinajstić information content (AvgIpc) is 2.67. The van der Waals surface area contributed by atoms with Gasteiger partial charge in [-0.3, -0.25) is 4.98 Å². The van der Waals surface area contributed by atoms with E-state index in [1.54, 1.807) is 17.5 Å². The topological polar surface area (TPSA) is 46.0 Å². The molecule has 2 aromatic heterocycles. The molecule has 0 spiro atoms. The standard InChI is InChI=1S/C10H10N2OS/c13-6-9-7-14-10(12-9)4-8-2-1-3-11-5-8/h1-3,5,7,13H,4,6H2. The van der Waals surface area contributed by atoms with Gasteiger partial charge < -0.3 is 5.11 Å². The lowest BCUT2D eigenvalue weighted by Crippen LogP contribution is -1.89. The van der Waals surface area contributed by atoms with E-state index < -0.39 is 0 Å². The maximum Gasteiger partial charge on any atom is 0.0973 e. The van der Waals surface area contributed by atoms with E-state index in [4.69, 9.17) is 5.11 Å². The Kier molecular flexibility index (Phi) is 2.86. The third kappa shape index (κ3) is 2.16. The van der Waals surface area contributed by atoms with Crippen molar-refractivity contribution in [3.63, 3.8) is 0 Å². The lowest BCUT2D eigenvalue weighted by molar-refractivity contribution is 0.277. The molecule has 2 aromatic rings.